The zero-order valence-electron chi connectivity index (χ0n) is 28.6. The third kappa shape index (κ3) is 33.4. The van der Waals surface area contributed by atoms with E-state index in [0.29, 0.717) is 12.8 Å². The Morgan fingerprint density at radius 2 is 0.714 bits per heavy atom. The lowest BCUT2D eigenvalue weighted by molar-refractivity contribution is -0.150. The van der Waals surface area contributed by atoms with E-state index >= 15 is 0 Å². The van der Waals surface area contributed by atoms with Crippen molar-refractivity contribution in [2.45, 2.75) is 232 Å². The first-order chi connectivity index (χ1) is 20.6. The summed E-state index contributed by atoms with van der Waals surface area (Å²) in [5.41, 5.74) is 0. The van der Waals surface area contributed by atoms with Gasteiger partial charge in [0.15, 0.2) is 0 Å². The number of aliphatic carboxylic acids is 1. The number of carbonyl (C=O) groups is 2. The Morgan fingerprint density at radius 1 is 0.429 bits per heavy atom. The summed E-state index contributed by atoms with van der Waals surface area (Å²) in [6, 6.07) is 0. The molecule has 0 saturated heterocycles. The molecule has 0 saturated carbocycles. The molecule has 4 nitrogen and oxygen atoms in total. The van der Waals surface area contributed by atoms with E-state index in [1.54, 1.807) is 0 Å². The van der Waals surface area contributed by atoms with Crippen LogP contribution in [0.15, 0.2) is 0 Å². The number of ether oxygens (including phenoxy) is 1. The highest BCUT2D eigenvalue weighted by Gasteiger charge is 2.14. The quantitative estimate of drug-likeness (QED) is 0.0585. The van der Waals surface area contributed by atoms with Gasteiger partial charge < -0.3 is 9.84 Å². The Hall–Kier alpha value is -1.06. The van der Waals surface area contributed by atoms with Gasteiger partial charge in [-0.05, 0) is 38.5 Å². The van der Waals surface area contributed by atoms with Crippen LogP contribution in [0.2, 0.25) is 0 Å². The van der Waals surface area contributed by atoms with Gasteiger partial charge in [-0.15, -0.1) is 0 Å². The van der Waals surface area contributed by atoms with Crippen molar-refractivity contribution in [3.63, 3.8) is 0 Å². The average Bonchev–Trinajstić information content (AvgIpc) is 2.97. The molecular formula is C38H74O4. The summed E-state index contributed by atoms with van der Waals surface area (Å²) in [5, 5.41) is 8.92. The molecule has 0 rings (SSSR count). The highest BCUT2D eigenvalue weighted by molar-refractivity contribution is 5.69. The van der Waals surface area contributed by atoms with Crippen molar-refractivity contribution in [2.75, 3.05) is 0 Å². The van der Waals surface area contributed by atoms with Gasteiger partial charge in [-0.25, -0.2) is 0 Å². The van der Waals surface area contributed by atoms with Gasteiger partial charge >= 0.3 is 11.9 Å². The van der Waals surface area contributed by atoms with Gasteiger partial charge in [0.1, 0.15) is 6.10 Å². The predicted octanol–water partition coefficient (Wildman–Crippen LogP) is 12.9. The fourth-order valence-corrected chi connectivity index (χ4v) is 6.01. The molecule has 0 aliphatic carbocycles. The van der Waals surface area contributed by atoms with E-state index < -0.39 is 5.97 Å². The van der Waals surface area contributed by atoms with Gasteiger partial charge in [-0.3, -0.25) is 9.59 Å². The van der Waals surface area contributed by atoms with Crippen molar-refractivity contribution in [1.82, 2.24) is 0 Å². The van der Waals surface area contributed by atoms with Crippen LogP contribution in [0.4, 0.5) is 0 Å². The minimum absolute atomic E-state index is 0.0360. The highest BCUT2D eigenvalue weighted by Crippen LogP contribution is 2.19. The number of rotatable bonds is 35. The summed E-state index contributed by atoms with van der Waals surface area (Å²) in [7, 11) is 0. The van der Waals surface area contributed by atoms with Crippen LogP contribution < -0.4 is 0 Å². The smallest absolute Gasteiger partial charge is 0.306 e. The van der Waals surface area contributed by atoms with Crippen molar-refractivity contribution < 1.29 is 19.4 Å². The topological polar surface area (TPSA) is 63.6 Å². The Bertz CT molecular complexity index is 561. The number of carboxylic acid groups (broad SMARTS) is 1. The molecule has 0 aliphatic rings. The SMILES string of the molecule is CCCCCCCCCCCCCCCCCCCC(=O)OC(CCCCCCCCCCCC)CCCCC(=O)O. The number of unbranched alkanes of at least 4 members (excludes halogenated alkanes) is 26. The van der Waals surface area contributed by atoms with Crippen LogP contribution in [0.5, 0.6) is 0 Å². The number of carboxylic acids is 1. The normalized spacial score (nSPS) is 12.0. The zero-order valence-corrected chi connectivity index (χ0v) is 28.6. The standard InChI is InChI=1S/C38H74O4/c1-3-5-7-9-11-13-15-16-17-18-19-20-21-23-25-27-29-35-38(41)42-36(33-30-31-34-37(39)40)32-28-26-24-22-14-12-10-8-6-4-2/h36H,3-35H2,1-2H3,(H,39,40). The van der Waals surface area contributed by atoms with E-state index in [4.69, 9.17) is 9.84 Å². The van der Waals surface area contributed by atoms with Gasteiger partial charge in [0.05, 0.1) is 0 Å². The lowest BCUT2D eigenvalue weighted by Crippen LogP contribution is -2.18. The maximum atomic E-state index is 12.5. The number of esters is 1. The Labute approximate surface area is 262 Å². The number of hydrogen-bond donors (Lipinski definition) is 1. The largest absolute Gasteiger partial charge is 0.481 e. The molecular weight excluding hydrogens is 520 g/mol. The first-order valence-corrected chi connectivity index (χ1v) is 19.0. The maximum Gasteiger partial charge on any atom is 0.306 e. The fourth-order valence-electron chi connectivity index (χ4n) is 6.01. The van der Waals surface area contributed by atoms with E-state index in [-0.39, 0.29) is 18.5 Å². The molecule has 1 atom stereocenters. The van der Waals surface area contributed by atoms with Gasteiger partial charge in [0, 0.05) is 12.8 Å². The molecule has 0 aromatic heterocycles. The Kier molecular flexibility index (Phi) is 33.6. The van der Waals surface area contributed by atoms with Gasteiger partial charge in [-0.2, -0.15) is 0 Å². The molecule has 1 unspecified atom stereocenters. The lowest BCUT2D eigenvalue weighted by atomic mass is 10.0. The second-order valence-corrected chi connectivity index (χ2v) is 13.1. The molecule has 0 fully saturated rings. The third-order valence-electron chi connectivity index (χ3n) is 8.83. The summed E-state index contributed by atoms with van der Waals surface area (Å²) in [4.78, 5) is 23.4. The number of hydrogen-bond acceptors (Lipinski definition) is 3. The van der Waals surface area contributed by atoms with Crippen LogP contribution in [0.25, 0.3) is 0 Å². The van der Waals surface area contributed by atoms with Crippen molar-refractivity contribution in [3.8, 4) is 0 Å². The van der Waals surface area contributed by atoms with E-state index in [2.05, 4.69) is 13.8 Å². The monoisotopic (exact) mass is 595 g/mol. The van der Waals surface area contributed by atoms with Crippen LogP contribution in [0.1, 0.15) is 226 Å². The molecule has 0 aromatic rings. The summed E-state index contributed by atoms with van der Waals surface area (Å²) < 4.78 is 5.88. The van der Waals surface area contributed by atoms with Crippen molar-refractivity contribution in [2.24, 2.45) is 0 Å². The molecule has 42 heavy (non-hydrogen) atoms. The zero-order chi connectivity index (χ0) is 30.8. The molecule has 0 aromatic carbocycles. The van der Waals surface area contributed by atoms with Crippen LogP contribution >= 0.6 is 0 Å². The Morgan fingerprint density at radius 3 is 1.07 bits per heavy atom. The van der Waals surface area contributed by atoms with E-state index in [0.717, 1.165) is 38.5 Å². The molecule has 0 bridgehead atoms. The van der Waals surface area contributed by atoms with Gasteiger partial charge in [-0.1, -0.05) is 174 Å². The summed E-state index contributed by atoms with van der Waals surface area (Å²) in [6.07, 6.45) is 39.7. The van der Waals surface area contributed by atoms with E-state index in [1.807, 2.05) is 0 Å². The van der Waals surface area contributed by atoms with Crippen LogP contribution in [-0.4, -0.2) is 23.1 Å². The summed E-state index contributed by atoms with van der Waals surface area (Å²) in [6.45, 7) is 4.55. The number of carbonyl (C=O) groups excluding carboxylic acids is 1. The second-order valence-electron chi connectivity index (χ2n) is 13.1. The molecule has 0 amide bonds. The summed E-state index contributed by atoms with van der Waals surface area (Å²) in [5.74, 6) is -0.789. The lowest BCUT2D eigenvalue weighted by Gasteiger charge is -2.18. The molecule has 0 aliphatic heterocycles. The van der Waals surface area contributed by atoms with Crippen LogP contribution in [0, 0.1) is 0 Å². The van der Waals surface area contributed by atoms with Crippen LogP contribution in [-0.2, 0) is 14.3 Å². The predicted molar refractivity (Wildman–Crippen MR) is 181 cm³/mol. The molecule has 0 heterocycles. The minimum atomic E-state index is -0.739. The van der Waals surface area contributed by atoms with E-state index in [1.165, 1.54) is 154 Å². The van der Waals surface area contributed by atoms with E-state index in [9.17, 15) is 9.59 Å². The third-order valence-corrected chi connectivity index (χ3v) is 8.83. The fraction of sp³-hybridized carbons (Fsp3) is 0.947. The first kappa shape index (κ1) is 40.9. The summed E-state index contributed by atoms with van der Waals surface area (Å²) >= 11 is 0. The second kappa shape index (κ2) is 34.4. The molecule has 250 valence electrons. The van der Waals surface area contributed by atoms with Crippen molar-refractivity contribution in [1.29, 1.82) is 0 Å². The van der Waals surface area contributed by atoms with Crippen LogP contribution in [0.3, 0.4) is 0 Å². The Balaban J connectivity index is 3.78. The highest BCUT2D eigenvalue weighted by atomic mass is 16.5. The van der Waals surface area contributed by atoms with Gasteiger partial charge in [0.2, 0.25) is 0 Å². The molecule has 0 spiro atoms. The van der Waals surface area contributed by atoms with Crippen molar-refractivity contribution in [3.05, 3.63) is 0 Å². The van der Waals surface area contributed by atoms with Crippen molar-refractivity contribution >= 4 is 11.9 Å². The van der Waals surface area contributed by atoms with Gasteiger partial charge in [0.25, 0.3) is 0 Å². The first-order valence-electron chi connectivity index (χ1n) is 19.0. The molecule has 1 N–H and O–H groups in total. The molecule has 0 radical (unpaired) electrons. The minimum Gasteiger partial charge on any atom is -0.481 e. The maximum absolute atomic E-state index is 12.5. The average molecular weight is 595 g/mol. The molecule has 4 heteroatoms.